The monoisotopic (exact) mass is 614 g/mol. The third-order valence-electron chi connectivity index (χ3n) is 6.39. The highest BCUT2D eigenvalue weighted by Gasteiger charge is 2.30. The molecule has 3 atom stereocenters. The van der Waals surface area contributed by atoms with E-state index in [0.29, 0.717) is 25.0 Å². The Morgan fingerprint density at radius 2 is 1.50 bits per heavy atom. The standard InChI is InChI=1S/C28H46N4O9S/c1-18(2)25(31-21(33)10-8-7-9-15-32-22(34)12-13-23(32)35)27(39)29-19(3)26(38)30-20(11-14-24(36)37)28(40)41-16-17-42(4,5)6/h12-13,18-20,25H,7-11,14-17H2,1-6H3,(H,29,39)(H,30,38)(H,31,33)(H,36,37)/t19-,20-,25?/m0/s1. The highest BCUT2D eigenvalue weighted by atomic mass is 32.3. The van der Waals surface area contributed by atoms with Gasteiger partial charge < -0.3 is 25.8 Å². The molecule has 1 aliphatic heterocycles. The topological polar surface area (TPSA) is 188 Å². The van der Waals surface area contributed by atoms with Crippen LogP contribution in [0.1, 0.15) is 59.3 Å². The van der Waals surface area contributed by atoms with Crippen molar-refractivity contribution in [2.75, 3.05) is 37.7 Å². The summed E-state index contributed by atoms with van der Waals surface area (Å²) in [6, 6.07) is -3.20. The quantitative estimate of drug-likeness (QED) is 0.0923. The van der Waals surface area contributed by atoms with Crippen molar-refractivity contribution in [2.45, 2.75) is 77.4 Å². The van der Waals surface area contributed by atoms with E-state index in [1.165, 1.54) is 19.1 Å². The molecule has 0 spiro atoms. The van der Waals surface area contributed by atoms with E-state index >= 15 is 0 Å². The molecule has 14 heteroatoms. The van der Waals surface area contributed by atoms with Crippen molar-refractivity contribution in [1.29, 1.82) is 0 Å². The molecule has 42 heavy (non-hydrogen) atoms. The minimum atomic E-state index is -1.19. The van der Waals surface area contributed by atoms with Crippen LogP contribution in [-0.2, 0) is 38.3 Å². The van der Waals surface area contributed by atoms with Crippen molar-refractivity contribution >= 4 is 51.5 Å². The Bertz CT molecular complexity index is 1020. The van der Waals surface area contributed by atoms with E-state index in [9.17, 15) is 33.6 Å². The molecule has 1 rings (SSSR count). The number of nitrogens with one attached hydrogen (secondary N) is 3. The summed E-state index contributed by atoms with van der Waals surface area (Å²) in [6.45, 7) is 5.32. The number of amides is 5. The van der Waals surface area contributed by atoms with Gasteiger partial charge in [-0.25, -0.2) is 14.8 Å². The first-order chi connectivity index (χ1) is 19.5. The molecular weight excluding hydrogens is 568 g/mol. The zero-order chi connectivity index (χ0) is 32.0. The maximum atomic E-state index is 12.9. The first-order valence-corrected chi connectivity index (χ1v) is 17.0. The lowest BCUT2D eigenvalue weighted by atomic mass is 10.0. The van der Waals surface area contributed by atoms with E-state index < -0.39 is 51.9 Å². The number of carbonyl (C=O) groups excluding carboxylic acids is 6. The second-order valence-corrected chi connectivity index (χ2v) is 16.0. The Labute approximate surface area is 248 Å². The van der Waals surface area contributed by atoms with Gasteiger partial charge in [0.15, 0.2) is 0 Å². The minimum absolute atomic E-state index is 0.136. The molecule has 0 aromatic carbocycles. The van der Waals surface area contributed by atoms with Crippen LogP contribution in [0.5, 0.6) is 0 Å². The first kappa shape index (κ1) is 36.6. The average molecular weight is 615 g/mol. The molecule has 0 aliphatic carbocycles. The Morgan fingerprint density at radius 3 is 2.05 bits per heavy atom. The lowest BCUT2D eigenvalue weighted by molar-refractivity contribution is -0.148. The highest BCUT2D eigenvalue weighted by molar-refractivity contribution is 8.32. The van der Waals surface area contributed by atoms with Crippen molar-refractivity contribution in [3.8, 4) is 0 Å². The number of hydrogen-bond acceptors (Lipinski definition) is 8. The number of ether oxygens (including phenoxy) is 1. The molecule has 0 saturated carbocycles. The van der Waals surface area contributed by atoms with Gasteiger partial charge in [0.2, 0.25) is 17.7 Å². The summed E-state index contributed by atoms with van der Waals surface area (Å²) < 4.78 is 5.27. The van der Waals surface area contributed by atoms with Crippen molar-refractivity contribution in [3.05, 3.63) is 12.2 Å². The minimum Gasteiger partial charge on any atom is -0.481 e. The van der Waals surface area contributed by atoms with Crippen LogP contribution in [-0.4, -0.2) is 107 Å². The van der Waals surface area contributed by atoms with Gasteiger partial charge in [0.05, 0.1) is 6.61 Å². The number of carboxylic acids is 1. The molecule has 0 fully saturated rings. The van der Waals surface area contributed by atoms with Gasteiger partial charge in [0.25, 0.3) is 11.8 Å². The van der Waals surface area contributed by atoms with Gasteiger partial charge in [-0.15, -0.1) is 0 Å². The van der Waals surface area contributed by atoms with Crippen LogP contribution in [0.25, 0.3) is 0 Å². The number of hydrogen-bond donors (Lipinski definition) is 4. The molecule has 0 bridgehead atoms. The summed E-state index contributed by atoms with van der Waals surface area (Å²) in [4.78, 5) is 86.2. The maximum Gasteiger partial charge on any atom is 0.328 e. The molecular formula is C28H46N4O9S. The molecule has 1 heterocycles. The molecule has 238 valence electrons. The first-order valence-electron chi connectivity index (χ1n) is 14.0. The third kappa shape index (κ3) is 14.0. The number of carbonyl (C=O) groups is 7. The SMILES string of the molecule is CC(C)C(NC(=O)CCCCCN1C(=O)C=CC1=O)C(=O)N[C@@H](C)C(=O)N[C@@H](CCC(=O)O)C(=O)OCCS(C)(C)C. The summed E-state index contributed by atoms with van der Waals surface area (Å²) in [5.74, 6) is -3.85. The largest absolute Gasteiger partial charge is 0.481 e. The van der Waals surface area contributed by atoms with Crippen LogP contribution >= 0.6 is 10.0 Å². The number of carboxylic acid groups (broad SMARTS) is 1. The fourth-order valence-corrected chi connectivity index (χ4v) is 4.42. The molecule has 4 N–H and O–H groups in total. The van der Waals surface area contributed by atoms with E-state index in [2.05, 4.69) is 34.7 Å². The van der Waals surface area contributed by atoms with Gasteiger partial charge in [-0.3, -0.25) is 33.7 Å². The molecule has 1 unspecified atom stereocenters. The van der Waals surface area contributed by atoms with Crippen LogP contribution in [0.4, 0.5) is 0 Å². The molecule has 0 saturated heterocycles. The number of imide groups is 1. The van der Waals surface area contributed by atoms with Crippen LogP contribution in [0.3, 0.4) is 0 Å². The summed E-state index contributed by atoms with van der Waals surface area (Å²) in [5.41, 5.74) is 0. The van der Waals surface area contributed by atoms with E-state index in [-0.39, 0.29) is 56.1 Å². The summed E-state index contributed by atoms with van der Waals surface area (Å²) >= 11 is 0. The van der Waals surface area contributed by atoms with E-state index in [4.69, 9.17) is 9.84 Å². The number of rotatable bonds is 19. The highest BCUT2D eigenvalue weighted by Crippen LogP contribution is 2.33. The van der Waals surface area contributed by atoms with Crippen LogP contribution < -0.4 is 16.0 Å². The third-order valence-corrected chi connectivity index (χ3v) is 7.78. The fourth-order valence-electron chi connectivity index (χ4n) is 3.84. The lowest BCUT2D eigenvalue weighted by Gasteiger charge is -2.26. The molecule has 1 aliphatic rings. The number of aliphatic carboxylic acids is 1. The van der Waals surface area contributed by atoms with Crippen molar-refractivity contribution in [1.82, 2.24) is 20.9 Å². The van der Waals surface area contributed by atoms with Crippen molar-refractivity contribution in [2.24, 2.45) is 5.92 Å². The number of unbranched alkanes of at least 4 members (excludes halogenated alkanes) is 2. The summed E-state index contributed by atoms with van der Waals surface area (Å²) in [6.07, 6.45) is 9.86. The predicted molar refractivity (Wildman–Crippen MR) is 159 cm³/mol. The second kappa shape index (κ2) is 17.5. The molecule has 5 amide bonds. The zero-order valence-electron chi connectivity index (χ0n) is 25.4. The van der Waals surface area contributed by atoms with Gasteiger partial charge in [0, 0.05) is 37.3 Å². The maximum absolute atomic E-state index is 12.9. The van der Waals surface area contributed by atoms with Gasteiger partial charge >= 0.3 is 11.9 Å². The second-order valence-electron chi connectivity index (χ2n) is 11.4. The van der Waals surface area contributed by atoms with E-state index in [1.54, 1.807) is 13.8 Å². The molecule has 13 nitrogen and oxygen atoms in total. The van der Waals surface area contributed by atoms with Gasteiger partial charge in [-0.05, 0) is 50.9 Å². The van der Waals surface area contributed by atoms with Gasteiger partial charge in [-0.1, -0.05) is 20.3 Å². The Morgan fingerprint density at radius 1 is 0.881 bits per heavy atom. The van der Waals surface area contributed by atoms with Crippen LogP contribution in [0.2, 0.25) is 0 Å². The summed E-state index contributed by atoms with van der Waals surface area (Å²) in [7, 11) is -0.923. The van der Waals surface area contributed by atoms with Crippen molar-refractivity contribution in [3.63, 3.8) is 0 Å². The number of esters is 1. The van der Waals surface area contributed by atoms with E-state index in [1.807, 2.05) is 0 Å². The smallest absolute Gasteiger partial charge is 0.328 e. The fraction of sp³-hybridized carbons (Fsp3) is 0.679. The van der Waals surface area contributed by atoms with Crippen molar-refractivity contribution < 1.29 is 43.4 Å². The average Bonchev–Trinajstić information content (AvgIpc) is 3.20. The summed E-state index contributed by atoms with van der Waals surface area (Å²) in [5, 5.41) is 16.7. The predicted octanol–water partition coefficient (Wildman–Crippen LogP) is 0.704. The van der Waals surface area contributed by atoms with Crippen LogP contribution in [0, 0.1) is 5.92 Å². The molecule has 0 radical (unpaired) electrons. The molecule has 0 aromatic rings. The Hall–Kier alpha value is -3.42. The zero-order valence-corrected chi connectivity index (χ0v) is 26.2. The van der Waals surface area contributed by atoms with Gasteiger partial charge in [0.1, 0.15) is 18.1 Å². The van der Waals surface area contributed by atoms with E-state index in [0.717, 1.165) is 4.90 Å². The van der Waals surface area contributed by atoms with Gasteiger partial charge in [-0.2, -0.15) is 0 Å². The Kier molecular flexibility index (Phi) is 15.3. The number of nitrogens with zero attached hydrogens (tertiary/aromatic N) is 1. The Balaban J connectivity index is 2.60. The van der Waals surface area contributed by atoms with Crippen LogP contribution in [0.15, 0.2) is 12.2 Å². The molecule has 0 aromatic heterocycles. The lowest BCUT2D eigenvalue weighted by Crippen LogP contribution is -2.56. The normalized spacial score (nSPS) is 15.6.